The lowest BCUT2D eigenvalue weighted by Gasteiger charge is -1.94. The lowest BCUT2D eigenvalue weighted by molar-refractivity contribution is 0.310. The second-order valence-corrected chi connectivity index (χ2v) is 2.86. The van der Waals surface area contributed by atoms with Crippen molar-refractivity contribution in [1.29, 1.82) is 0 Å². The Morgan fingerprint density at radius 1 is 1.50 bits per heavy atom. The van der Waals surface area contributed by atoms with Crippen LogP contribution in [0, 0.1) is 0 Å². The molecule has 5 nitrogen and oxygen atoms in total. The highest BCUT2D eigenvalue weighted by atomic mass is 16.4. The van der Waals surface area contributed by atoms with Crippen LogP contribution in [-0.2, 0) is 0 Å². The number of rotatable bonds is 3. The van der Waals surface area contributed by atoms with Crippen LogP contribution in [0.15, 0.2) is 22.6 Å². The maximum atomic E-state index is 8.60. The van der Waals surface area contributed by atoms with Gasteiger partial charge in [0.25, 0.3) is 6.01 Å². The van der Waals surface area contributed by atoms with Crippen LogP contribution in [-0.4, -0.2) is 23.2 Å². The van der Waals surface area contributed by atoms with E-state index in [1.807, 2.05) is 0 Å². The molecule has 74 valence electrons. The Labute approximate surface area is 80.5 Å². The van der Waals surface area contributed by atoms with Crippen molar-refractivity contribution in [1.82, 2.24) is 4.98 Å². The number of nitrogens with two attached hydrogens (primary N) is 1. The smallest absolute Gasteiger partial charge is 0.295 e. The highest BCUT2D eigenvalue weighted by Gasteiger charge is 2.06. The second kappa shape index (κ2) is 3.55. The number of benzene rings is 1. The number of nitrogen functional groups attached to an aromatic ring is 1. The van der Waals surface area contributed by atoms with Gasteiger partial charge in [-0.25, -0.2) is 0 Å². The van der Waals surface area contributed by atoms with Gasteiger partial charge < -0.3 is 20.6 Å². The topological polar surface area (TPSA) is 84.3 Å². The number of nitrogens with zero attached hydrogens (tertiary/aromatic N) is 1. The van der Waals surface area contributed by atoms with E-state index in [-0.39, 0.29) is 6.61 Å². The summed E-state index contributed by atoms with van der Waals surface area (Å²) in [7, 11) is 0. The molecule has 2 rings (SSSR count). The van der Waals surface area contributed by atoms with Crippen LogP contribution < -0.4 is 11.1 Å². The summed E-state index contributed by atoms with van der Waals surface area (Å²) in [6, 6.07) is 5.74. The van der Waals surface area contributed by atoms with Crippen LogP contribution in [0.5, 0.6) is 0 Å². The molecule has 0 bridgehead atoms. The molecule has 0 saturated carbocycles. The largest absolute Gasteiger partial charge is 0.423 e. The van der Waals surface area contributed by atoms with Crippen molar-refractivity contribution in [3.8, 4) is 0 Å². The number of hydrogen-bond acceptors (Lipinski definition) is 5. The molecule has 0 unspecified atom stereocenters. The van der Waals surface area contributed by atoms with Crippen molar-refractivity contribution in [2.45, 2.75) is 0 Å². The summed E-state index contributed by atoms with van der Waals surface area (Å²) < 4.78 is 5.34. The Balaban J connectivity index is 2.36. The average molecular weight is 193 g/mol. The molecule has 0 atom stereocenters. The maximum absolute atomic E-state index is 8.60. The first kappa shape index (κ1) is 8.83. The average Bonchev–Trinajstić information content (AvgIpc) is 2.59. The number of aliphatic hydroxyl groups is 1. The molecule has 0 amide bonds. The van der Waals surface area contributed by atoms with E-state index in [1.165, 1.54) is 0 Å². The van der Waals surface area contributed by atoms with Crippen molar-refractivity contribution in [3.63, 3.8) is 0 Å². The summed E-state index contributed by atoms with van der Waals surface area (Å²) in [5, 5.41) is 11.4. The first-order chi connectivity index (χ1) is 6.81. The van der Waals surface area contributed by atoms with Crippen LogP contribution in [0.2, 0.25) is 0 Å². The fraction of sp³-hybridized carbons (Fsp3) is 0.222. The lowest BCUT2D eigenvalue weighted by Crippen LogP contribution is -2.05. The van der Waals surface area contributed by atoms with Crippen LogP contribution in [0.25, 0.3) is 11.1 Å². The van der Waals surface area contributed by atoms with E-state index in [9.17, 15) is 0 Å². The van der Waals surface area contributed by atoms with E-state index in [0.29, 0.717) is 29.3 Å². The van der Waals surface area contributed by atoms with Gasteiger partial charge in [0.15, 0.2) is 5.58 Å². The number of aromatic nitrogens is 1. The maximum Gasteiger partial charge on any atom is 0.295 e. The van der Waals surface area contributed by atoms with E-state index in [4.69, 9.17) is 15.3 Å². The predicted molar refractivity (Wildman–Crippen MR) is 54.0 cm³/mol. The highest BCUT2D eigenvalue weighted by Crippen LogP contribution is 2.23. The Hall–Kier alpha value is -1.75. The Morgan fingerprint density at radius 3 is 3.07 bits per heavy atom. The molecular weight excluding hydrogens is 182 g/mol. The SMILES string of the molecule is Nc1cccc2oc(NCCO)nc12. The minimum Gasteiger partial charge on any atom is -0.423 e. The molecule has 0 saturated heterocycles. The number of para-hydroxylation sites is 1. The van der Waals surface area contributed by atoms with E-state index in [0.717, 1.165) is 0 Å². The fourth-order valence-corrected chi connectivity index (χ4v) is 1.21. The van der Waals surface area contributed by atoms with Gasteiger partial charge in [0.05, 0.1) is 12.3 Å². The number of nitrogens with one attached hydrogen (secondary N) is 1. The van der Waals surface area contributed by atoms with Gasteiger partial charge in [0.1, 0.15) is 5.52 Å². The summed E-state index contributed by atoms with van der Waals surface area (Å²) in [5.74, 6) is 0. The molecule has 0 radical (unpaired) electrons. The minimum absolute atomic E-state index is 0.0359. The molecule has 14 heavy (non-hydrogen) atoms. The summed E-state index contributed by atoms with van der Waals surface area (Å²) in [5.41, 5.74) is 7.58. The molecule has 4 N–H and O–H groups in total. The van der Waals surface area contributed by atoms with E-state index in [2.05, 4.69) is 10.3 Å². The zero-order valence-electron chi connectivity index (χ0n) is 7.53. The zero-order valence-corrected chi connectivity index (χ0v) is 7.53. The normalized spacial score (nSPS) is 10.6. The van der Waals surface area contributed by atoms with Gasteiger partial charge in [-0.3, -0.25) is 0 Å². The first-order valence-electron chi connectivity index (χ1n) is 4.31. The minimum atomic E-state index is 0.0359. The molecule has 1 aromatic heterocycles. The lowest BCUT2D eigenvalue weighted by atomic mass is 10.3. The summed E-state index contributed by atoms with van der Waals surface area (Å²) in [6.45, 7) is 0.445. The molecule has 0 aliphatic carbocycles. The van der Waals surface area contributed by atoms with Crippen LogP contribution >= 0.6 is 0 Å². The Bertz CT molecular complexity index is 439. The highest BCUT2D eigenvalue weighted by molar-refractivity contribution is 5.86. The Morgan fingerprint density at radius 2 is 2.36 bits per heavy atom. The fourth-order valence-electron chi connectivity index (χ4n) is 1.21. The number of anilines is 2. The van der Waals surface area contributed by atoms with Crippen molar-refractivity contribution in [2.24, 2.45) is 0 Å². The first-order valence-corrected chi connectivity index (χ1v) is 4.31. The van der Waals surface area contributed by atoms with Crippen LogP contribution in [0.4, 0.5) is 11.7 Å². The zero-order chi connectivity index (χ0) is 9.97. The second-order valence-electron chi connectivity index (χ2n) is 2.86. The van der Waals surface area contributed by atoms with E-state index in [1.54, 1.807) is 18.2 Å². The van der Waals surface area contributed by atoms with Crippen LogP contribution in [0.3, 0.4) is 0 Å². The summed E-state index contributed by atoms with van der Waals surface area (Å²) >= 11 is 0. The van der Waals surface area contributed by atoms with Gasteiger partial charge in [-0.1, -0.05) is 6.07 Å². The van der Waals surface area contributed by atoms with Crippen LogP contribution in [0.1, 0.15) is 0 Å². The molecule has 0 aliphatic rings. The van der Waals surface area contributed by atoms with Gasteiger partial charge >= 0.3 is 0 Å². The van der Waals surface area contributed by atoms with Gasteiger partial charge in [-0.05, 0) is 12.1 Å². The number of hydrogen-bond donors (Lipinski definition) is 3. The van der Waals surface area contributed by atoms with E-state index < -0.39 is 0 Å². The van der Waals surface area contributed by atoms with Crippen molar-refractivity contribution in [2.75, 3.05) is 24.2 Å². The third-order valence-corrected chi connectivity index (χ3v) is 1.84. The molecule has 1 aromatic carbocycles. The number of oxazole rings is 1. The third-order valence-electron chi connectivity index (χ3n) is 1.84. The van der Waals surface area contributed by atoms with Crippen molar-refractivity contribution >= 4 is 22.8 Å². The molecule has 2 aromatic rings. The quantitative estimate of drug-likeness (QED) is 0.628. The van der Waals surface area contributed by atoms with Gasteiger partial charge in [0, 0.05) is 6.54 Å². The molecule has 0 aliphatic heterocycles. The van der Waals surface area contributed by atoms with Gasteiger partial charge in [-0.15, -0.1) is 0 Å². The standard InChI is InChI=1S/C9H11N3O2/c10-6-2-1-3-7-8(6)12-9(14-7)11-4-5-13/h1-3,13H,4-5,10H2,(H,11,12). The molecule has 5 heteroatoms. The third kappa shape index (κ3) is 1.49. The van der Waals surface area contributed by atoms with Gasteiger partial charge in [0.2, 0.25) is 0 Å². The number of fused-ring (bicyclic) bond motifs is 1. The molecule has 1 heterocycles. The predicted octanol–water partition coefficient (Wildman–Crippen LogP) is 0.814. The van der Waals surface area contributed by atoms with Crippen molar-refractivity contribution < 1.29 is 9.52 Å². The van der Waals surface area contributed by atoms with E-state index >= 15 is 0 Å². The monoisotopic (exact) mass is 193 g/mol. The number of aliphatic hydroxyl groups excluding tert-OH is 1. The molecular formula is C9H11N3O2. The van der Waals surface area contributed by atoms with Crippen molar-refractivity contribution in [3.05, 3.63) is 18.2 Å². The summed E-state index contributed by atoms with van der Waals surface area (Å²) in [6.07, 6.45) is 0. The molecule has 0 spiro atoms. The summed E-state index contributed by atoms with van der Waals surface area (Å²) in [4.78, 5) is 4.14. The van der Waals surface area contributed by atoms with Gasteiger partial charge in [-0.2, -0.15) is 4.98 Å². The Kier molecular flexibility index (Phi) is 2.24. The molecule has 0 fully saturated rings.